The molecule has 0 aliphatic carbocycles. The molecule has 2 heterocycles. The Morgan fingerprint density at radius 1 is 1.45 bits per heavy atom. The molecule has 1 aromatic heterocycles. The maximum absolute atomic E-state index is 12.1. The van der Waals surface area contributed by atoms with Gasteiger partial charge in [-0.25, -0.2) is 21.6 Å². The van der Waals surface area contributed by atoms with Gasteiger partial charge in [0, 0.05) is 23.3 Å². The fourth-order valence-electron chi connectivity index (χ4n) is 2.11. The second kappa shape index (κ2) is 6.10. The Labute approximate surface area is 123 Å². The summed E-state index contributed by atoms with van der Waals surface area (Å²) in [5.74, 6) is 0.110. The molecule has 1 unspecified atom stereocenters. The maximum Gasteiger partial charge on any atom is 0.241 e. The third kappa shape index (κ3) is 4.01. The number of rotatable bonds is 6. The third-order valence-corrected chi connectivity index (χ3v) is 7.51. The van der Waals surface area contributed by atoms with Crippen LogP contribution in [0.1, 0.15) is 11.3 Å². The predicted octanol–water partition coefficient (Wildman–Crippen LogP) is 0.180. The minimum absolute atomic E-state index is 0.0736. The number of nitrogens with one attached hydrogen (secondary N) is 2. The minimum Gasteiger partial charge on any atom is -0.315 e. The molecule has 6 nitrogen and oxygen atoms in total. The quantitative estimate of drug-likeness (QED) is 0.772. The molecule has 0 bridgehead atoms. The second-order valence-corrected chi connectivity index (χ2v) is 9.89. The Bertz CT molecular complexity index is 664. The highest BCUT2D eigenvalue weighted by Crippen LogP contribution is 2.21. The van der Waals surface area contributed by atoms with Gasteiger partial charge in [0.25, 0.3) is 0 Å². The Morgan fingerprint density at radius 3 is 2.80 bits per heavy atom. The number of sulfone groups is 1. The van der Waals surface area contributed by atoms with E-state index in [0.717, 1.165) is 4.88 Å². The summed E-state index contributed by atoms with van der Waals surface area (Å²) in [4.78, 5) is 1.19. The number of hydrogen-bond acceptors (Lipinski definition) is 6. The third-order valence-electron chi connectivity index (χ3n) is 3.18. The first-order valence-electron chi connectivity index (χ1n) is 6.24. The smallest absolute Gasteiger partial charge is 0.241 e. The van der Waals surface area contributed by atoms with Gasteiger partial charge in [-0.05, 0) is 25.5 Å². The Hall–Kier alpha value is -0.480. The van der Waals surface area contributed by atoms with E-state index in [1.54, 1.807) is 18.5 Å². The topological polar surface area (TPSA) is 92.3 Å². The van der Waals surface area contributed by atoms with E-state index < -0.39 is 19.9 Å². The molecule has 1 aliphatic rings. The van der Waals surface area contributed by atoms with Crippen LogP contribution in [-0.4, -0.2) is 41.9 Å². The summed E-state index contributed by atoms with van der Waals surface area (Å²) < 4.78 is 49.3. The highest BCUT2D eigenvalue weighted by molar-refractivity contribution is 7.91. The zero-order chi connectivity index (χ0) is 14.8. The molecule has 1 aromatic rings. The monoisotopic (exact) mass is 338 g/mol. The van der Waals surface area contributed by atoms with Crippen molar-refractivity contribution in [1.29, 1.82) is 0 Å². The summed E-state index contributed by atoms with van der Waals surface area (Å²) in [6.07, 6.45) is 0.527. The van der Waals surface area contributed by atoms with Gasteiger partial charge in [-0.1, -0.05) is 0 Å². The summed E-state index contributed by atoms with van der Waals surface area (Å²) in [6.45, 7) is 0.805. The lowest BCUT2D eigenvalue weighted by Gasteiger charge is -2.09. The summed E-state index contributed by atoms with van der Waals surface area (Å²) >= 11 is 1.38. The molecule has 2 rings (SSSR count). The molecule has 2 N–H and O–H groups in total. The van der Waals surface area contributed by atoms with Gasteiger partial charge in [-0.3, -0.25) is 0 Å². The number of thiophene rings is 1. The van der Waals surface area contributed by atoms with Crippen molar-refractivity contribution in [1.82, 2.24) is 10.0 Å². The summed E-state index contributed by atoms with van der Waals surface area (Å²) in [5, 5.41) is 4.56. The van der Waals surface area contributed by atoms with E-state index in [1.165, 1.54) is 11.3 Å². The van der Waals surface area contributed by atoms with E-state index in [2.05, 4.69) is 10.0 Å². The van der Waals surface area contributed by atoms with Crippen LogP contribution in [0.2, 0.25) is 0 Å². The van der Waals surface area contributed by atoms with Crippen molar-refractivity contribution in [2.75, 3.05) is 25.1 Å². The largest absolute Gasteiger partial charge is 0.315 e. The molecule has 0 radical (unpaired) electrons. The molecular formula is C11H18N2O4S3. The number of sulfonamides is 1. The Morgan fingerprint density at radius 2 is 2.20 bits per heavy atom. The van der Waals surface area contributed by atoms with Crippen LogP contribution >= 0.6 is 11.3 Å². The SMILES string of the molecule is CNCc1cc(S(=O)(=O)NCC2CCS(=O)(=O)C2)cs1. The lowest BCUT2D eigenvalue weighted by molar-refractivity contribution is 0.543. The van der Waals surface area contributed by atoms with Crippen LogP contribution in [0.3, 0.4) is 0 Å². The average Bonchev–Trinajstić information content (AvgIpc) is 2.94. The van der Waals surface area contributed by atoms with Crippen LogP contribution in [0.25, 0.3) is 0 Å². The van der Waals surface area contributed by atoms with Crippen molar-refractivity contribution in [3.63, 3.8) is 0 Å². The minimum atomic E-state index is -3.54. The molecule has 0 amide bonds. The lowest BCUT2D eigenvalue weighted by Crippen LogP contribution is -2.29. The summed E-state index contributed by atoms with van der Waals surface area (Å²) in [5.41, 5.74) is 0. The maximum atomic E-state index is 12.1. The van der Waals surface area contributed by atoms with Crippen molar-refractivity contribution in [3.8, 4) is 0 Å². The van der Waals surface area contributed by atoms with Gasteiger partial charge in [0.1, 0.15) is 0 Å². The van der Waals surface area contributed by atoms with E-state index in [4.69, 9.17) is 0 Å². The highest BCUT2D eigenvalue weighted by Gasteiger charge is 2.29. The average molecular weight is 338 g/mol. The molecule has 20 heavy (non-hydrogen) atoms. The normalized spacial score (nSPS) is 22.1. The number of hydrogen-bond donors (Lipinski definition) is 2. The van der Waals surface area contributed by atoms with Crippen LogP contribution in [-0.2, 0) is 26.4 Å². The van der Waals surface area contributed by atoms with Crippen molar-refractivity contribution < 1.29 is 16.8 Å². The van der Waals surface area contributed by atoms with E-state index in [1.807, 2.05) is 0 Å². The molecule has 1 atom stereocenters. The van der Waals surface area contributed by atoms with Crippen molar-refractivity contribution >= 4 is 31.2 Å². The van der Waals surface area contributed by atoms with Crippen molar-refractivity contribution in [2.45, 2.75) is 17.9 Å². The summed E-state index contributed by atoms with van der Waals surface area (Å²) in [6, 6.07) is 1.63. The van der Waals surface area contributed by atoms with Crippen molar-refractivity contribution in [2.24, 2.45) is 5.92 Å². The van der Waals surface area contributed by atoms with E-state index in [0.29, 0.717) is 13.0 Å². The zero-order valence-electron chi connectivity index (χ0n) is 11.1. The van der Waals surface area contributed by atoms with Gasteiger partial charge in [0.15, 0.2) is 9.84 Å². The zero-order valence-corrected chi connectivity index (χ0v) is 13.6. The first-order valence-corrected chi connectivity index (χ1v) is 10.4. The Kier molecular flexibility index (Phi) is 4.85. The highest BCUT2D eigenvalue weighted by atomic mass is 32.2. The van der Waals surface area contributed by atoms with Gasteiger partial charge in [0.2, 0.25) is 10.0 Å². The molecule has 0 aromatic carbocycles. The van der Waals surface area contributed by atoms with Crippen LogP contribution in [0.5, 0.6) is 0 Å². The Balaban J connectivity index is 1.97. The molecule has 0 spiro atoms. The fourth-order valence-corrected chi connectivity index (χ4v) is 6.38. The van der Waals surface area contributed by atoms with Gasteiger partial charge in [0.05, 0.1) is 16.4 Å². The lowest BCUT2D eigenvalue weighted by atomic mass is 10.1. The van der Waals surface area contributed by atoms with Crippen LogP contribution < -0.4 is 10.0 Å². The van der Waals surface area contributed by atoms with Crippen LogP contribution in [0, 0.1) is 5.92 Å². The van der Waals surface area contributed by atoms with E-state index >= 15 is 0 Å². The molecule has 1 fully saturated rings. The molecule has 1 aliphatic heterocycles. The van der Waals surface area contributed by atoms with E-state index in [-0.39, 0.29) is 28.9 Å². The van der Waals surface area contributed by atoms with E-state index in [9.17, 15) is 16.8 Å². The predicted molar refractivity (Wildman–Crippen MR) is 79.0 cm³/mol. The molecular weight excluding hydrogens is 320 g/mol. The molecule has 9 heteroatoms. The van der Waals surface area contributed by atoms with Gasteiger partial charge in [-0.2, -0.15) is 0 Å². The van der Waals surface area contributed by atoms with Gasteiger partial charge < -0.3 is 5.32 Å². The molecule has 114 valence electrons. The van der Waals surface area contributed by atoms with Crippen LogP contribution in [0.4, 0.5) is 0 Å². The van der Waals surface area contributed by atoms with Gasteiger partial charge in [-0.15, -0.1) is 11.3 Å². The molecule has 0 saturated carbocycles. The first kappa shape index (κ1) is 15.9. The first-order chi connectivity index (χ1) is 9.32. The second-order valence-electron chi connectivity index (χ2n) is 4.90. The van der Waals surface area contributed by atoms with Gasteiger partial charge >= 0.3 is 0 Å². The van der Waals surface area contributed by atoms with Crippen molar-refractivity contribution in [3.05, 3.63) is 16.3 Å². The summed E-state index contributed by atoms with van der Waals surface area (Å²) in [7, 11) is -4.72. The van der Waals surface area contributed by atoms with Crippen LogP contribution in [0.15, 0.2) is 16.3 Å². The fraction of sp³-hybridized carbons (Fsp3) is 0.636. The standard InChI is InChI=1S/C11H18N2O4S3/c1-12-6-10-4-11(7-18-10)20(16,17)13-5-9-2-3-19(14,15)8-9/h4,7,9,12-13H,2-3,5-6,8H2,1H3. The molecule has 1 saturated heterocycles.